The molecular weight excluding hydrogens is 523 g/mol. The van der Waals surface area contributed by atoms with Crippen molar-refractivity contribution in [3.05, 3.63) is 85.2 Å². The smallest absolute Gasteiger partial charge is 0.405 e. The van der Waals surface area contributed by atoms with Crippen molar-refractivity contribution >= 4 is 30.6 Å². The largest absolute Gasteiger partial charge is 0.471 e. The van der Waals surface area contributed by atoms with Crippen LogP contribution in [-0.4, -0.2) is 62.2 Å². The van der Waals surface area contributed by atoms with Crippen LogP contribution in [0.1, 0.15) is 20.8 Å². The summed E-state index contributed by atoms with van der Waals surface area (Å²) in [5.41, 5.74) is -0.938. The van der Waals surface area contributed by atoms with Crippen molar-refractivity contribution in [2.24, 2.45) is 4.99 Å². The van der Waals surface area contributed by atoms with Crippen LogP contribution >= 0.6 is 0 Å². The van der Waals surface area contributed by atoms with E-state index in [1.807, 2.05) is 53.9 Å². The van der Waals surface area contributed by atoms with Crippen LogP contribution in [0.4, 0.5) is 13.2 Å². The van der Waals surface area contributed by atoms with E-state index in [1.54, 1.807) is 4.90 Å². The number of carbonyl (C=O) groups excluding carboxylic acids is 1. The Morgan fingerprint density at radius 3 is 2.26 bits per heavy atom. The molecule has 3 N–H and O–H groups in total. The third-order valence-corrected chi connectivity index (χ3v) is 12.6. The first-order chi connectivity index (χ1) is 18.4. The summed E-state index contributed by atoms with van der Waals surface area (Å²) in [4.78, 5) is 18.2. The minimum Gasteiger partial charge on any atom is -0.405 e. The Morgan fingerprint density at radius 1 is 1.13 bits per heavy atom. The molecule has 11 heteroatoms. The maximum atomic E-state index is 13.2. The van der Waals surface area contributed by atoms with E-state index in [0.717, 1.165) is 10.4 Å². The molecule has 2 aromatic carbocycles. The SMILES string of the molecule is C=C1N[C@H]2[C@H](CO[Si](c3ccccc3)(c3ccccc3)C(C)(C)C)N=C(NC(=O)C(F)(F)F)N3CC=CC23N1. The van der Waals surface area contributed by atoms with Crippen LogP contribution < -0.4 is 26.3 Å². The number of alkyl halides is 3. The maximum absolute atomic E-state index is 13.2. The molecular formula is C28H32F3N5O2Si. The Balaban J connectivity index is 1.58. The van der Waals surface area contributed by atoms with Crippen LogP contribution in [0.3, 0.4) is 0 Å². The van der Waals surface area contributed by atoms with Gasteiger partial charge in [-0.25, -0.2) is 4.99 Å². The van der Waals surface area contributed by atoms with Gasteiger partial charge in [0, 0.05) is 6.54 Å². The summed E-state index contributed by atoms with van der Waals surface area (Å²) in [5, 5.41) is 10.4. The van der Waals surface area contributed by atoms with Crippen molar-refractivity contribution in [3.8, 4) is 0 Å². The number of amides is 1. The first-order valence-electron chi connectivity index (χ1n) is 12.8. The molecule has 2 aromatic rings. The van der Waals surface area contributed by atoms with Crippen molar-refractivity contribution in [1.82, 2.24) is 20.9 Å². The highest BCUT2D eigenvalue weighted by Crippen LogP contribution is 2.39. The molecule has 1 amide bonds. The van der Waals surface area contributed by atoms with Crippen LogP contribution in [0.2, 0.25) is 5.04 Å². The number of carbonyl (C=O) groups is 1. The molecule has 3 atom stereocenters. The predicted molar refractivity (Wildman–Crippen MR) is 147 cm³/mol. The Morgan fingerprint density at radius 2 is 1.72 bits per heavy atom. The van der Waals surface area contributed by atoms with Gasteiger partial charge in [0.2, 0.25) is 5.96 Å². The summed E-state index contributed by atoms with van der Waals surface area (Å²) >= 11 is 0. The van der Waals surface area contributed by atoms with Gasteiger partial charge in [-0.3, -0.25) is 10.1 Å². The van der Waals surface area contributed by atoms with Crippen molar-refractivity contribution in [1.29, 1.82) is 0 Å². The molecule has 0 bridgehead atoms. The van der Waals surface area contributed by atoms with E-state index in [0.29, 0.717) is 5.82 Å². The number of nitrogens with zero attached hydrogens (tertiary/aromatic N) is 2. The van der Waals surface area contributed by atoms with Crippen LogP contribution in [0, 0.1) is 0 Å². The number of halogens is 3. The molecule has 0 aliphatic carbocycles. The summed E-state index contributed by atoms with van der Waals surface area (Å²) in [6, 6.07) is 19.1. The van der Waals surface area contributed by atoms with Gasteiger partial charge in [0.15, 0.2) is 5.66 Å². The summed E-state index contributed by atoms with van der Waals surface area (Å²) in [6.45, 7) is 10.8. The standard InChI is InChI=1S/C28H32F3N5O2Si/c1-19-32-23-22(33-25(34-24(37)28(29,30)31)36-17-11-16-27(23,36)35-19)18-38-39(26(2,3)4,20-12-7-5-8-13-20)21-14-9-6-10-15-21/h5-16,22-23,32,35H,1,17-18H2,2-4H3,(H,33,34,37)/t22-,23-,27?/m0/s1. The Labute approximate surface area is 227 Å². The van der Waals surface area contributed by atoms with Crippen molar-refractivity contribution in [2.75, 3.05) is 13.2 Å². The third kappa shape index (κ3) is 4.53. The van der Waals surface area contributed by atoms with Gasteiger partial charge in [-0.05, 0) is 21.5 Å². The van der Waals surface area contributed by atoms with Crippen LogP contribution in [-0.2, 0) is 9.22 Å². The molecule has 0 saturated carbocycles. The lowest BCUT2D eigenvalue weighted by Crippen LogP contribution is -2.71. The number of aliphatic imine (C=N–C) groups is 1. The molecule has 1 unspecified atom stereocenters. The second-order valence-electron chi connectivity index (χ2n) is 11.0. The van der Waals surface area contributed by atoms with Gasteiger partial charge < -0.3 is 20.0 Å². The fourth-order valence-electron chi connectivity index (χ4n) is 5.94. The van der Waals surface area contributed by atoms with Gasteiger partial charge in [0.1, 0.15) is 6.04 Å². The molecule has 1 fully saturated rings. The molecule has 206 valence electrons. The van der Waals surface area contributed by atoms with E-state index < -0.39 is 38.1 Å². The molecule has 3 heterocycles. The van der Waals surface area contributed by atoms with Gasteiger partial charge in [0.05, 0.1) is 18.5 Å². The Bertz CT molecular complexity index is 1270. The normalized spacial score (nSPS) is 24.4. The zero-order valence-electron chi connectivity index (χ0n) is 22.0. The topological polar surface area (TPSA) is 78.0 Å². The molecule has 0 radical (unpaired) electrons. The van der Waals surface area contributed by atoms with E-state index in [9.17, 15) is 18.0 Å². The lowest BCUT2D eigenvalue weighted by atomic mass is 9.93. The Hall–Kier alpha value is -3.57. The van der Waals surface area contributed by atoms with Crippen molar-refractivity contribution in [2.45, 2.75) is 49.7 Å². The number of rotatable bonds is 5. The second kappa shape index (κ2) is 9.56. The highest BCUT2D eigenvalue weighted by molar-refractivity contribution is 6.99. The zero-order chi connectivity index (χ0) is 28.1. The number of hydrogen-bond donors (Lipinski definition) is 3. The molecule has 0 aromatic heterocycles. The number of hydrogen-bond acceptors (Lipinski definition) is 6. The fourth-order valence-corrected chi connectivity index (χ4v) is 10.5. The lowest BCUT2D eigenvalue weighted by Gasteiger charge is -2.47. The highest BCUT2D eigenvalue weighted by atomic mass is 28.4. The quantitative estimate of drug-likeness (QED) is 0.391. The van der Waals surface area contributed by atoms with Crippen LogP contribution in [0.5, 0.6) is 0 Å². The van der Waals surface area contributed by atoms with Crippen LogP contribution in [0.15, 0.2) is 90.2 Å². The van der Waals surface area contributed by atoms with Gasteiger partial charge in [-0.1, -0.05) is 94.1 Å². The summed E-state index contributed by atoms with van der Waals surface area (Å²) < 4.78 is 46.7. The Kier molecular flexibility index (Phi) is 6.62. The monoisotopic (exact) mass is 555 g/mol. The van der Waals surface area contributed by atoms with Crippen molar-refractivity contribution < 1.29 is 22.4 Å². The van der Waals surface area contributed by atoms with Gasteiger partial charge >= 0.3 is 12.1 Å². The maximum Gasteiger partial charge on any atom is 0.471 e. The second-order valence-corrected chi connectivity index (χ2v) is 15.3. The van der Waals surface area contributed by atoms with Gasteiger partial charge in [-0.15, -0.1) is 0 Å². The first-order valence-corrected chi connectivity index (χ1v) is 14.7. The molecule has 1 spiro atoms. The summed E-state index contributed by atoms with van der Waals surface area (Å²) in [6.07, 6.45) is -1.33. The lowest BCUT2D eigenvalue weighted by molar-refractivity contribution is -0.172. The molecule has 7 nitrogen and oxygen atoms in total. The number of nitrogens with one attached hydrogen (secondary N) is 3. The summed E-state index contributed by atoms with van der Waals surface area (Å²) in [5.74, 6) is -1.71. The highest BCUT2D eigenvalue weighted by Gasteiger charge is 2.58. The molecule has 5 rings (SSSR count). The molecule has 3 aliphatic heterocycles. The predicted octanol–water partition coefficient (Wildman–Crippen LogP) is 2.58. The van der Waals surface area contributed by atoms with E-state index in [2.05, 4.69) is 67.2 Å². The summed E-state index contributed by atoms with van der Waals surface area (Å²) in [7, 11) is -2.95. The minimum absolute atomic E-state index is 0.106. The molecule has 1 saturated heterocycles. The van der Waals surface area contributed by atoms with Crippen LogP contribution in [0.25, 0.3) is 0 Å². The average molecular weight is 556 g/mol. The number of guanidine groups is 1. The molecule has 39 heavy (non-hydrogen) atoms. The third-order valence-electron chi connectivity index (χ3n) is 7.56. The minimum atomic E-state index is -5.05. The van der Waals surface area contributed by atoms with Crippen molar-refractivity contribution in [3.63, 3.8) is 0 Å². The zero-order valence-corrected chi connectivity index (χ0v) is 23.0. The molecule has 3 aliphatic rings. The van der Waals surface area contributed by atoms with E-state index in [-0.39, 0.29) is 24.1 Å². The van der Waals surface area contributed by atoms with E-state index in [1.165, 1.54) is 0 Å². The average Bonchev–Trinajstić information content (AvgIpc) is 3.46. The fraction of sp³-hybridized carbons (Fsp3) is 0.357. The van der Waals surface area contributed by atoms with Gasteiger partial charge in [0.25, 0.3) is 8.32 Å². The van der Waals surface area contributed by atoms with E-state index in [4.69, 9.17) is 4.43 Å². The van der Waals surface area contributed by atoms with E-state index >= 15 is 0 Å². The van der Waals surface area contributed by atoms with Gasteiger partial charge in [-0.2, -0.15) is 13.2 Å². The first kappa shape index (κ1) is 27.0. The number of benzene rings is 2.